The fourth-order valence-corrected chi connectivity index (χ4v) is 5.67. The summed E-state index contributed by atoms with van der Waals surface area (Å²) in [7, 11) is 0. The van der Waals surface area contributed by atoms with Gasteiger partial charge in [-0.05, 0) is 30.9 Å². The first-order chi connectivity index (χ1) is 12.7. The number of hydrogen-bond acceptors (Lipinski definition) is 3. The minimum atomic E-state index is 0.247. The largest absolute Gasteiger partial charge is 0.348 e. The van der Waals surface area contributed by atoms with Crippen LogP contribution in [0.4, 0.5) is 0 Å². The zero-order chi connectivity index (χ0) is 17.9. The maximum Gasteiger partial charge on any atom is 0.275 e. The van der Waals surface area contributed by atoms with Crippen LogP contribution in [-0.4, -0.2) is 36.6 Å². The summed E-state index contributed by atoms with van der Waals surface area (Å²) in [4.78, 5) is 18.7. The third-order valence-corrected chi connectivity index (χ3v) is 7.42. The second kappa shape index (κ2) is 8.05. The van der Waals surface area contributed by atoms with Crippen LogP contribution in [0.15, 0.2) is 24.3 Å². The number of hydrogen-bond donors (Lipinski definition) is 2. The number of carbonyl (C=O) groups is 1. The zero-order valence-corrected chi connectivity index (χ0v) is 16.5. The molecule has 0 bridgehead atoms. The molecule has 2 N–H and O–H groups in total. The van der Waals surface area contributed by atoms with Gasteiger partial charge in [0.1, 0.15) is 0 Å². The number of thiazole rings is 1. The summed E-state index contributed by atoms with van der Waals surface area (Å²) in [6, 6.07) is 8.81. The minimum absolute atomic E-state index is 0.247. The predicted octanol–water partition coefficient (Wildman–Crippen LogP) is 2.75. The fourth-order valence-electron chi connectivity index (χ4n) is 4.53. The Hall–Kier alpha value is -1.46. The lowest BCUT2D eigenvalue weighted by Crippen LogP contribution is -3.14. The molecule has 1 aromatic heterocycles. The highest BCUT2D eigenvalue weighted by Crippen LogP contribution is 2.31. The first-order valence-corrected chi connectivity index (χ1v) is 11.0. The molecule has 4 nitrogen and oxygen atoms in total. The van der Waals surface area contributed by atoms with E-state index >= 15 is 0 Å². The van der Waals surface area contributed by atoms with Crippen molar-refractivity contribution in [2.45, 2.75) is 57.4 Å². The molecule has 140 valence electrons. The van der Waals surface area contributed by atoms with Crippen LogP contribution >= 0.6 is 11.3 Å². The Kier molecular flexibility index (Phi) is 5.55. The molecule has 2 aliphatic rings. The van der Waals surface area contributed by atoms with Gasteiger partial charge in [-0.2, -0.15) is 0 Å². The molecule has 1 saturated heterocycles. The molecular weight excluding hydrogens is 342 g/mol. The Balaban J connectivity index is 1.27. The maximum absolute atomic E-state index is 12.5. The number of benzene rings is 1. The van der Waals surface area contributed by atoms with Gasteiger partial charge >= 0.3 is 0 Å². The van der Waals surface area contributed by atoms with Gasteiger partial charge in [0, 0.05) is 24.8 Å². The van der Waals surface area contributed by atoms with E-state index < -0.39 is 0 Å². The normalized spacial score (nSPS) is 29.6. The lowest BCUT2D eigenvalue weighted by Gasteiger charge is -2.31. The Morgan fingerprint density at radius 2 is 1.96 bits per heavy atom. The van der Waals surface area contributed by atoms with Crippen molar-refractivity contribution in [2.75, 3.05) is 19.6 Å². The molecule has 2 atom stereocenters. The van der Waals surface area contributed by atoms with E-state index in [0.717, 1.165) is 37.9 Å². The molecule has 0 radical (unpaired) electrons. The Morgan fingerprint density at radius 1 is 1.19 bits per heavy atom. The van der Waals surface area contributed by atoms with Gasteiger partial charge in [-0.25, -0.2) is 4.98 Å². The van der Waals surface area contributed by atoms with Crippen molar-refractivity contribution in [1.29, 1.82) is 0 Å². The molecule has 2 fully saturated rings. The van der Waals surface area contributed by atoms with Gasteiger partial charge in [0.25, 0.3) is 5.91 Å². The van der Waals surface area contributed by atoms with Crippen LogP contribution in [0.2, 0.25) is 0 Å². The molecule has 2 heterocycles. The Bertz CT molecular complexity index is 718. The number of quaternary nitrogens is 1. The molecule has 26 heavy (non-hydrogen) atoms. The molecule has 1 amide bonds. The fraction of sp³-hybridized carbons (Fsp3) is 0.619. The first kappa shape index (κ1) is 17.9. The lowest BCUT2D eigenvalue weighted by atomic mass is 9.86. The SMILES string of the molecule is C[C@H]1CCCC[C@H]1NC(=O)C[NH+]1CCC(c2nc3ccccc3s2)CC1. The molecule has 1 aromatic carbocycles. The highest BCUT2D eigenvalue weighted by atomic mass is 32.1. The van der Waals surface area contributed by atoms with Crippen molar-refractivity contribution in [2.24, 2.45) is 5.92 Å². The molecule has 0 spiro atoms. The quantitative estimate of drug-likeness (QED) is 0.867. The van der Waals surface area contributed by atoms with Crippen molar-refractivity contribution < 1.29 is 9.69 Å². The number of nitrogens with one attached hydrogen (secondary N) is 2. The number of nitrogens with zero attached hydrogens (tertiary/aromatic N) is 1. The Morgan fingerprint density at radius 3 is 2.73 bits per heavy atom. The second-order valence-electron chi connectivity index (χ2n) is 8.16. The van der Waals surface area contributed by atoms with E-state index in [1.807, 2.05) is 11.3 Å². The smallest absolute Gasteiger partial charge is 0.275 e. The summed E-state index contributed by atoms with van der Waals surface area (Å²) in [6.07, 6.45) is 7.27. The number of para-hydroxylation sites is 1. The molecule has 4 rings (SSSR count). The summed E-state index contributed by atoms with van der Waals surface area (Å²) < 4.78 is 1.29. The monoisotopic (exact) mass is 372 g/mol. The van der Waals surface area contributed by atoms with E-state index in [2.05, 4.69) is 36.5 Å². The van der Waals surface area contributed by atoms with Gasteiger partial charge in [0.2, 0.25) is 0 Å². The van der Waals surface area contributed by atoms with Crippen LogP contribution in [0.25, 0.3) is 10.2 Å². The van der Waals surface area contributed by atoms with E-state index in [0.29, 0.717) is 24.4 Å². The van der Waals surface area contributed by atoms with Crippen LogP contribution in [0.3, 0.4) is 0 Å². The van der Waals surface area contributed by atoms with E-state index in [1.165, 1.54) is 33.9 Å². The first-order valence-electron chi connectivity index (χ1n) is 10.2. The van der Waals surface area contributed by atoms with Crippen molar-refractivity contribution in [1.82, 2.24) is 10.3 Å². The van der Waals surface area contributed by atoms with Crippen molar-refractivity contribution >= 4 is 27.5 Å². The van der Waals surface area contributed by atoms with E-state index in [4.69, 9.17) is 4.98 Å². The average molecular weight is 373 g/mol. The lowest BCUT2D eigenvalue weighted by molar-refractivity contribution is -0.897. The van der Waals surface area contributed by atoms with Crippen LogP contribution in [-0.2, 0) is 4.79 Å². The van der Waals surface area contributed by atoms with Gasteiger partial charge in [0.15, 0.2) is 6.54 Å². The van der Waals surface area contributed by atoms with Crippen molar-refractivity contribution in [3.8, 4) is 0 Å². The molecule has 5 heteroatoms. The van der Waals surface area contributed by atoms with Crippen LogP contribution in [0, 0.1) is 5.92 Å². The molecule has 1 aliphatic heterocycles. The number of amides is 1. The second-order valence-corrected chi connectivity index (χ2v) is 9.22. The van der Waals surface area contributed by atoms with Gasteiger partial charge in [0.05, 0.1) is 28.3 Å². The maximum atomic E-state index is 12.5. The van der Waals surface area contributed by atoms with E-state index in [-0.39, 0.29) is 5.91 Å². The van der Waals surface area contributed by atoms with Crippen molar-refractivity contribution in [3.05, 3.63) is 29.3 Å². The average Bonchev–Trinajstić information content (AvgIpc) is 3.08. The third-order valence-electron chi connectivity index (χ3n) is 6.22. The van der Waals surface area contributed by atoms with E-state index in [9.17, 15) is 4.79 Å². The van der Waals surface area contributed by atoms with Gasteiger partial charge < -0.3 is 10.2 Å². The van der Waals surface area contributed by atoms with Crippen molar-refractivity contribution in [3.63, 3.8) is 0 Å². The predicted molar refractivity (Wildman–Crippen MR) is 107 cm³/mol. The van der Waals surface area contributed by atoms with Gasteiger partial charge in [-0.15, -0.1) is 11.3 Å². The molecule has 1 saturated carbocycles. The third kappa shape index (κ3) is 4.09. The summed E-state index contributed by atoms with van der Waals surface area (Å²) >= 11 is 1.84. The molecule has 1 aliphatic carbocycles. The molecule has 0 unspecified atom stereocenters. The minimum Gasteiger partial charge on any atom is -0.348 e. The van der Waals surface area contributed by atoms with E-state index in [1.54, 1.807) is 0 Å². The zero-order valence-electron chi connectivity index (χ0n) is 15.7. The molecule has 2 aromatic rings. The standard InChI is InChI=1S/C21H29N3OS/c1-15-6-2-3-7-17(15)22-20(25)14-24-12-10-16(11-13-24)21-23-18-8-4-5-9-19(18)26-21/h4-5,8-9,15-17H,2-3,6-7,10-14H2,1H3,(H,22,25)/p+1/t15-,17+/m0/s1. The molecular formula is C21H30N3OS+. The van der Waals surface area contributed by atoms with Gasteiger partial charge in [-0.3, -0.25) is 4.79 Å². The number of piperidine rings is 1. The highest BCUT2D eigenvalue weighted by molar-refractivity contribution is 7.18. The number of aromatic nitrogens is 1. The number of fused-ring (bicyclic) bond motifs is 1. The Labute approximate surface area is 160 Å². The van der Waals surface area contributed by atoms with Crippen LogP contribution < -0.4 is 10.2 Å². The summed E-state index contributed by atoms with van der Waals surface area (Å²) in [5, 5.41) is 4.59. The van der Waals surface area contributed by atoms with Crippen LogP contribution in [0.1, 0.15) is 56.4 Å². The van der Waals surface area contributed by atoms with Crippen LogP contribution in [0.5, 0.6) is 0 Å². The number of carbonyl (C=O) groups excluding carboxylic acids is 1. The summed E-state index contributed by atoms with van der Waals surface area (Å²) in [5.41, 5.74) is 1.13. The number of rotatable bonds is 4. The van der Waals surface area contributed by atoms with Gasteiger partial charge in [-0.1, -0.05) is 31.9 Å². The topological polar surface area (TPSA) is 46.4 Å². The number of likely N-dealkylation sites (tertiary alicyclic amines) is 1. The summed E-state index contributed by atoms with van der Waals surface area (Å²) in [6.45, 7) is 5.07. The highest BCUT2D eigenvalue weighted by Gasteiger charge is 2.28. The summed E-state index contributed by atoms with van der Waals surface area (Å²) in [5.74, 6) is 1.45.